The molecule has 0 aliphatic rings. The Morgan fingerprint density at radius 3 is 2.53 bits per heavy atom. The molecule has 0 radical (unpaired) electrons. The van der Waals surface area contributed by atoms with Crippen molar-refractivity contribution in [1.82, 2.24) is 15.5 Å². The van der Waals surface area contributed by atoms with Crippen LogP contribution in [-0.2, 0) is 6.42 Å². The Morgan fingerprint density at radius 1 is 1.03 bits per heavy atom. The van der Waals surface area contributed by atoms with E-state index in [4.69, 9.17) is 16.1 Å². The molecule has 1 amide bonds. The molecule has 0 spiro atoms. The molecule has 0 saturated heterocycles. The second kappa shape index (κ2) is 8.93. The molecule has 1 aromatic heterocycles. The predicted molar refractivity (Wildman–Crippen MR) is 116 cm³/mol. The molecule has 1 heterocycles. The fraction of sp³-hybridized carbons (Fsp3) is 0.125. The lowest BCUT2D eigenvalue weighted by atomic mass is 10.0. The molecule has 1 atom stereocenters. The molecule has 0 bridgehead atoms. The SMILES string of the molecule is Cc1ccc(C(=O)N[C@@H](Cc2ccccc2)c2nc(-c3cccc(Cl)c3)no2)cc1. The van der Waals surface area contributed by atoms with Gasteiger partial charge in [0.05, 0.1) is 0 Å². The highest BCUT2D eigenvalue weighted by Crippen LogP contribution is 2.24. The van der Waals surface area contributed by atoms with Crippen LogP contribution in [0.3, 0.4) is 0 Å². The summed E-state index contributed by atoms with van der Waals surface area (Å²) in [6, 6.07) is 24.1. The number of nitrogens with one attached hydrogen (secondary N) is 1. The third-order valence-electron chi connectivity index (χ3n) is 4.72. The van der Waals surface area contributed by atoms with Crippen LogP contribution < -0.4 is 5.32 Å². The zero-order valence-corrected chi connectivity index (χ0v) is 17.1. The monoisotopic (exact) mass is 417 g/mol. The van der Waals surface area contributed by atoms with Gasteiger partial charge in [0.15, 0.2) is 0 Å². The van der Waals surface area contributed by atoms with E-state index in [2.05, 4.69) is 15.5 Å². The van der Waals surface area contributed by atoms with Crippen molar-refractivity contribution in [2.75, 3.05) is 0 Å². The summed E-state index contributed by atoms with van der Waals surface area (Å²) in [6.45, 7) is 1.98. The molecular weight excluding hydrogens is 398 g/mol. The summed E-state index contributed by atoms with van der Waals surface area (Å²) in [5, 5.41) is 7.71. The summed E-state index contributed by atoms with van der Waals surface area (Å²) in [5.41, 5.74) is 3.47. The van der Waals surface area contributed by atoms with Gasteiger partial charge in [-0.3, -0.25) is 4.79 Å². The summed E-state index contributed by atoms with van der Waals surface area (Å²) in [6.07, 6.45) is 0.523. The smallest absolute Gasteiger partial charge is 0.251 e. The zero-order valence-electron chi connectivity index (χ0n) is 16.4. The standard InChI is InChI=1S/C24H20ClN3O2/c1-16-10-12-18(13-11-16)23(29)26-21(14-17-6-3-2-4-7-17)24-27-22(28-30-24)19-8-5-9-20(25)15-19/h2-13,15,21H,14H2,1H3,(H,26,29)/t21-/m0/s1. The number of rotatable bonds is 6. The van der Waals surface area contributed by atoms with E-state index in [1.54, 1.807) is 24.3 Å². The first-order valence-electron chi connectivity index (χ1n) is 9.59. The molecule has 0 unspecified atom stereocenters. The number of aryl methyl sites for hydroxylation is 1. The molecule has 4 aromatic rings. The maximum Gasteiger partial charge on any atom is 0.251 e. The minimum Gasteiger partial charge on any atom is -0.340 e. The average Bonchev–Trinajstić information content (AvgIpc) is 3.25. The van der Waals surface area contributed by atoms with Crippen LogP contribution in [0.15, 0.2) is 83.4 Å². The van der Waals surface area contributed by atoms with Crippen LogP contribution in [0.4, 0.5) is 0 Å². The van der Waals surface area contributed by atoms with Gasteiger partial charge < -0.3 is 9.84 Å². The van der Waals surface area contributed by atoms with Crippen LogP contribution in [0, 0.1) is 6.92 Å². The molecule has 0 saturated carbocycles. The first kappa shape index (κ1) is 19.9. The predicted octanol–water partition coefficient (Wildman–Crippen LogP) is 5.41. The minimum absolute atomic E-state index is 0.196. The second-order valence-corrected chi connectivity index (χ2v) is 7.48. The zero-order chi connectivity index (χ0) is 20.9. The highest BCUT2D eigenvalue weighted by Gasteiger charge is 2.23. The molecule has 5 nitrogen and oxygen atoms in total. The average molecular weight is 418 g/mol. The first-order chi connectivity index (χ1) is 14.6. The van der Waals surface area contributed by atoms with Crippen molar-refractivity contribution in [1.29, 1.82) is 0 Å². The fourth-order valence-corrected chi connectivity index (χ4v) is 3.31. The Hall–Kier alpha value is -3.44. The molecule has 1 N–H and O–H groups in total. The van der Waals surface area contributed by atoms with Crippen molar-refractivity contribution in [3.63, 3.8) is 0 Å². The minimum atomic E-state index is -0.471. The summed E-state index contributed by atoms with van der Waals surface area (Å²) < 4.78 is 5.53. The summed E-state index contributed by atoms with van der Waals surface area (Å²) in [5.74, 6) is 0.572. The first-order valence-corrected chi connectivity index (χ1v) is 9.97. The molecule has 0 aliphatic heterocycles. The maximum atomic E-state index is 12.8. The summed E-state index contributed by atoms with van der Waals surface area (Å²) in [4.78, 5) is 17.4. The number of benzene rings is 3. The van der Waals surface area contributed by atoms with Gasteiger partial charge in [0.25, 0.3) is 5.91 Å². The van der Waals surface area contributed by atoms with Gasteiger partial charge in [-0.2, -0.15) is 4.98 Å². The van der Waals surface area contributed by atoms with E-state index in [9.17, 15) is 4.79 Å². The number of carbonyl (C=O) groups excluding carboxylic acids is 1. The molecule has 150 valence electrons. The lowest BCUT2D eigenvalue weighted by Crippen LogP contribution is -2.30. The normalized spacial score (nSPS) is 11.8. The van der Waals surface area contributed by atoms with Gasteiger partial charge in [0.2, 0.25) is 11.7 Å². The van der Waals surface area contributed by atoms with E-state index in [1.165, 1.54) is 0 Å². The highest BCUT2D eigenvalue weighted by atomic mass is 35.5. The Balaban J connectivity index is 1.62. The number of nitrogens with zero attached hydrogens (tertiary/aromatic N) is 2. The molecular formula is C24H20ClN3O2. The Bertz CT molecular complexity index is 1140. The largest absolute Gasteiger partial charge is 0.340 e. The summed E-state index contributed by atoms with van der Waals surface area (Å²) in [7, 11) is 0. The lowest BCUT2D eigenvalue weighted by molar-refractivity contribution is 0.0928. The highest BCUT2D eigenvalue weighted by molar-refractivity contribution is 6.30. The van der Waals surface area contributed by atoms with Gasteiger partial charge in [0, 0.05) is 22.6 Å². The van der Waals surface area contributed by atoms with E-state index >= 15 is 0 Å². The van der Waals surface area contributed by atoms with E-state index in [0.29, 0.717) is 28.7 Å². The number of carbonyl (C=O) groups is 1. The van der Waals surface area contributed by atoms with Crippen molar-refractivity contribution in [3.05, 3.63) is 106 Å². The molecule has 6 heteroatoms. The second-order valence-electron chi connectivity index (χ2n) is 7.05. The van der Waals surface area contributed by atoms with Gasteiger partial charge in [-0.15, -0.1) is 0 Å². The molecule has 30 heavy (non-hydrogen) atoms. The van der Waals surface area contributed by atoms with Gasteiger partial charge in [0.1, 0.15) is 6.04 Å². The van der Waals surface area contributed by atoms with Crippen LogP contribution in [0.2, 0.25) is 5.02 Å². The number of halogens is 1. The lowest BCUT2D eigenvalue weighted by Gasteiger charge is -2.15. The molecule has 4 rings (SSSR count). The molecule has 0 fully saturated rings. The number of amides is 1. The third-order valence-corrected chi connectivity index (χ3v) is 4.96. The van der Waals surface area contributed by atoms with Gasteiger partial charge in [-0.1, -0.05) is 76.9 Å². The molecule has 3 aromatic carbocycles. The van der Waals surface area contributed by atoms with Crippen LogP contribution in [0.5, 0.6) is 0 Å². The maximum absolute atomic E-state index is 12.8. The molecule has 0 aliphatic carbocycles. The topological polar surface area (TPSA) is 68.0 Å². The van der Waals surface area contributed by atoms with E-state index in [0.717, 1.165) is 16.7 Å². The quantitative estimate of drug-likeness (QED) is 0.455. The van der Waals surface area contributed by atoms with Crippen molar-refractivity contribution >= 4 is 17.5 Å². The van der Waals surface area contributed by atoms with Crippen LogP contribution >= 0.6 is 11.6 Å². The van der Waals surface area contributed by atoms with E-state index in [-0.39, 0.29) is 5.91 Å². The van der Waals surface area contributed by atoms with Crippen molar-refractivity contribution in [3.8, 4) is 11.4 Å². The Morgan fingerprint density at radius 2 is 1.80 bits per heavy atom. The summed E-state index contributed by atoms with van der Waals surface area (Å²) >= 11 is 6.08. The van der Waals surface area contributed by atoms with E-state index in [1.807, 2.05) is 61.5 Å². The van der Waals surface area contributed by atoms with E-state index < -0.39 is 6.04 Å². The van der Waals surface area contributed by atoms with Crippen molar-refractivity contribution in [2.24, 2.45) is 0 Å². The Kier molecular flexibility index (Phi) is 5.91. The van der Waals surface area contributed by atoms with Crippen LogP contribution in [0.1, 0.15) is 33.4 Å². The van der Waals surface area contributed by atoms with Gasteiger partial charge >= 0.3 is 0 Å². The number of aromatic nitrogens is 2. The van der Waals surface area contributed by atoms with Gasteiger partial charge in [-0.25, -0.2) is 0 Å². The fourth-order valence-electron chi connectivity index (χ4n) is 3.12. The third kappa shape index (κ3) is 4.75. The van der Waals surface area contributed by atoms with Crippen LogP contribution in [0.25, 0.3) is 11.4 Å². The van der Waals surface area contributed by atoms with Crippen molar-refractivity contribution < 1.29 is 9.32 Å². The Labute approximate surface area is 179 Å². The van der Waals surface area contributed by atoms with Crippen LogP contribution in [-0.4, -0.2) is 16.0 Å². The number of hydrogen-bond acceptors (Lipinski definition) is 4. The van der Waals surface area contributed by atoms with Crippen molar-refractivity contribution in [2.45, 2.75) is 19.4 Å². The van der Waals surface area contributed by atoms with Gasteiger partial charge in [-0.05, 0) is 36.8 Å². The number of hydrogen-bond donors (Lipinski definition) is 1.